The van der Waals surface area contributed by atoms with Crippen LogP contribution in [0.3, 0.4) is 0 Å². The van der Waals surface area contributed by atoms with Crippen LogP contribution in [0.5, 0.6) is 0 Å². The average Bonchev–Trinajstić information content (AvgIpc) is 2.95. The van der Waals surface area contributed by atoms with Crippen molar-refractivity contribution in [2.75, 3.05) is 12.3 Å². The van der Waals surface area contributed by atoms with E-state index in [0.717, 1.165) is 11.3 Å². The quantitative estimate of drug-likeness (QED) is 0.738. The topological polar surface area (TPSA) is 95.4 Å². The summed E-state index contributed by atoms with van der Waals surface area (Å²) >= 11 is 0. The molecule has 7 nitrogen and oxygen atoms in total. The van der Waals surface area contributed by atoms with Gasteiger partial charge in [-0.25, -0.2) is 9.18 Å². The molecule has 124 valence electrons. The van der Waals surface area contributed by atoms with Gasteiger partial charge in [-0.3, -0.25) is 0 Å². The number of hydrogen-bond donors (Lipinski definition) is 1. The Morgan fingerprint density at radius 1 is 1.25 bits per heavy atom. The lowest BCUT2D eigenvalue weighted by atomic mass is 10.0. The Morgan fingerprint density at radius 2 is 1.96 bits per heavy atom. The van der Waals surface area contributed by atoms with Crippen LogP contribution in [0, 0.1) is 5.82 Å². The number of nitrogen functional groups attached to an aromatic ring is 1. The predicted molar refractivity (Wildman–Crippen MR) is 85.9 cm³/mol. The van der Waals surface area contributed by atoms with Gasteiger partial charge < -0.3 is 10.5 Å². The number of benzene rings is 1. The number of nitrogens with zero attached hydrogens (tertiary/aromatic N) is 4. The van der Waals surface area contributed by atoms with Gasteiger partial charge in [-0.1, -0.05) is 19.1 Å². The molecule has 0 amide bonds. The van der Waals surface area contributed by atoms with E-state index in [9.17, 15) is 9.18 Å². The number of fused-ring (bicyclic) bond motifs is 1. The third-order valence-corrected chi connectivity index (χ3v) is 3.59. The Balaban J connectivity index is 2.22. The van der Waals surface area contributed by atoms with Crippen molar-refractivity contribution in [1.82, 2.24) is 19.8 Å². The first kappa shape index (κ1) is 15.9. The predicted octanol–water partition coefficient (Wildman–Crippen LogP) is 2.25. The van der Waals surface area contributed by atoms with Gasteiger partial charge in [0, 0.05) is 0 Å². The number of aromatic nitrogens is 4. The van der Waals surface area contributed by atoms with Crippen LogP contribution < -0.4 is 5.73 Å². The van der Waals surface area contributed by atoms with Gasteiger partial charge in [-0.15, -0.1) is 10.2 Å². The largest absolute Gasteiger partial charge is 0.461 e. The molecule has 0 saturated carbocycles. The summed E-state index contributed by atoms with van der Waals surface area (Å²) in [5, 5.41) is 12.4. The van der Waals surface area contributed by atoms with E-state index >= 15 is 0 Å². The number of aryl methyl sites for hydroxylation is 1. The van der Waals surface area contributed by atoms with E-state index in [2.05, 4.69) is 15.3 Å². The smallest absolute Gasteiger partial charge is 0.362 e. The third-order valence-electron chi connectivity index (χ3n) is 3.59. The van der Waals surface area contributed by atoms with Crippen LogP contribution in [0.1, 0.15) is 30.0 Å². The summed E-state index contributed by atoms with van der Waals surface area (Å²) in [6, 6.07) is 6.01. The second kappa shape index (κ2) is 6.23. The molecule has 0 fully saturated rings. The van der Waals surface area contributed by atoms with E-state index < -0.39 is 5.97 Å². The molecule has 2 aromatic heterocycles. The molecule has 0 unspecified atom stereocenters. The van der Waals surface area contributed by atoms with Crippen LogP contribution in [-0.2, 0) is 11.2 Å². The molecule has 0 aliphatic carbocycles. The number of rotatable bonds is 4. The summed E-state index contributed by atoms with van der Waals surface area (Å²) in [7, 11) is 0. The summed E-state index contributed by atoms with van der Waals surface area (Å²) in [6.07, 6.45) is 0.615. The Hall–Kier alpha value is -3.03. The maximum Gasteiger partial charge on any atom is 0.362 e. The zero-order chi connectivity index (χ0) is 17.3. The van der Waals surface area contributed by atoms with Gasteiger partial charge in [0.2, 0.25) is 5.69 Å². The zero-order valence-corrected chi connectivity index (χ0v) is 13.3. The first-order valence-corrected chi connectivity index (χ1v) is 7.53. The summed E-state index contributed by atoms with van der Waals surface area (Å²) in [6.45, 7) is 3.83. The highest BCUT2D eigenvalue weighted by molar-refractivity contribution is 5.93. The number of ether oxygens (including phenoxy) is 1. The van der Waals surface area contributed by atoms with Crippen LogP contribution in [-0.4, -0.2) is 32.4 Å². The second-order valence-corrected chi connectivity index (χ2v) is 5.07. The summed E-state index contributed by atoms with van der Waals surface area (Å²) in [4.78, 5) is 11.9. The lowest BCUT2D eigenvalue weighted by Crippen LogP contribution is -2.15. The van der Waals surface area contributed by atoms with Crippen LogP contribution in [0.2, 0.25) is 0 Å². The van der Waals surface area contributed by atoms with Crippen molar-refractivity contribution in [3.8, 4) is 11.1 Å². The second-order valence-electron chi connectivity index (χ2n) is 5.07. The van der Waals surface area contributed by atoms with E-state index in [1.165, 1.54) is 16.6 Å². The van der Waals surface area contributed by atoms with Crippen LogP contribution in [0.25, 0.3) is 16.8 Å². The number of anilines is 1. The van der Waals surface area contributed by atoms with Crippen molar-refractivity contribution in [3.63, 3.8) is 0 Å². The fourth-order valence-electron chi connectivity index (χ4n) is 2.47. The number of nitrogens with two attached hydrogens (primary N) is 1. The fourth-order valence-corrected chi connectivity index (χ4v) is 2.47. The van der Waals surface area contributed by atoms with Crippen molar-refractivity contribution in [1.29, 1.82) is 0 Å². The van der Waals surface area contributed by atoms with Crippen LogP contribution >= 0.6 is 0 Å². The maximum atomic E-state index is 13.2. The molecule has 3 rings (SSSR count). The standard InChI is InChI=1S/C16H16FN5O2/c1-3-11-12(9-5-7-10(17)8-6-9)15-20-19-13(16(23)24-4-2)14(18)22(15)21-11/h5-8H,3-4,18H2,1-2H3. The Morgan fingerprint density at radius 3 is 2.58 bits per heavy atom. The van der Waals surface area contributed by atoms with Crippen molar-refractivity contribution < 1.29 is 13.9 Å². The normalized spacial score (nSPS) is 11.0. The molecule has 0 aliphatic heterocycles. The maximum absolute atomic E-state index is 13.2. The molecule has 2 heterocycles. The summed E-state index contributed by atoms with van der Waals surface area (Å²) in [5.41, 5.74) is 8.54. The summed E-state index contributed by atoms with van der Waals surface area (Å²) < 4.78 is 19.5. The van der Waals surface area contributed by atoms with Gasteiger partial charge in [0.25, 0.3) is 0 Å². The van der Waals surface area contributed by atoms with E-state index in [0.29, 0.717) is 17.6 Å². The highest BCUT2D eigenvalue weighted by Crippen LogP contribution is 2.29. The average molecular weight is 329 g/mol. The lowest BCUT2D eigenvalue weighted by molar-refractivity contribution is 0.0519. The van der Waals surface area contributed by atoms with E-state index in [1.54, 1.807) is 19.1 Å². The minimum atomic E-state index is -0.652. The van der Waals surface area contributed by atoms with Crippen LogP contribution in [0.15, 0.2) is 24.3 Å². The molecule has 0 atom stereocenters. The van der Waals surface area contributed by atoms with E-state index in [-0.39, 0.29) is 23.9 Å². The number of carbonyl (C=O) groups excluding carboxylic acids is 1. The number of carbonyl (C=O) groups is 1. The molecule has 2 N–H and O–H groups in total. The minimum Gasteiger partial charge on any atom is -0.461 e. The van der Waals surface area contributed by atoms with E-state index in [1.807, 2.05) is 6.92 Å². The lowest BCUT2D eigenvalue weighted by Gasteiger charge is -2.05. The minimum absolute atomic E-state index is 0.0570. The monoisotopic (exact) mass is 329 g/mol. The molecule has 0 bridgehead atoms. The summed E-state index contributed by atoms with van der Waals surface area (Å²) in [5.74, 6) is -0.925. The highest BCUT2D eigenvalue weighted by Gasteiger charge is 2.22. The molecule has 0 radical (unpaired) electrons. The third kappa shape index (κ3) is 2.55. The molecule has 1 aromatic carbocycles. The Labute approximate surface area is 137 Å². The zero-order valence-electron chi connectivity index (χ0n) is 13.3. The molecular formula is C16H16FN5O2. The van der Waals surface area contributed by atoms with Gasteiger partial charge in [-0.2, -0.15) is 9.61 Å². The van der Waals surface area contributed by atoms with Gasteiger partial charge in [0.05, 0.1) is 17.9 Å². The first-order chi connectivity index (χ1) is 11.6. The molecule has 0 spiro atoms. The van der Waals surface area contributed by atoms with Crippen molar-refractivity contribution in [2.24, 2.45) is 0 Å². The molecule has 3 aromatic rings. The van der Waals surface area contributed by atoms with Gasteiger partial charge in [0.1, 0.15) is 5.82 Å². The highest BCUT2D eigenvalue weighted by atomic mass is 19.1. The number of hydrogen-bond acceptors (Lipinski definition) is 6. The number of esters is 1. The van der Waals surface area contributed by atoms with Gasteiger partial charge >= 0.3 is 5.97 Å². The van der Waals surface area contributed by atoms with Crippen LogP contribution in [0.4, 0.5) is 10.2 Å². The fraction of sp³-hybridized carbons (Fsp3) is 0.250. The van der Waals surface area contributed by atoms with Crippen molar-refractivity contribution >= 4 is 17.4 Å². The molecule has 0 aliphatic rings. The Bertz CT molecular complexity index is 905. The number of halogens is 1. The van der Waals surface area contributed by atoms with Gasteiger partial charge in [-0.05, 0) is 31.0 Å². The van der Waals surface area contributed by atoms with Crippen molar-refractivity contribution in [2.45, 2.75) is 20.3 Å². The van der Waals surface area contributed by atoms with Gasteiger partial charge in [0.15, 0.2) is 11.5 Å². The molecular weight excluding hydrogens is 313 g/mol. The molecule has 24 heavy (non-hydrogen) atoms. The SMILES string of the molecule is CCOC(=O)c1nnc2c(-c3ccc(F)cc3)c(CC)nn2c1N. The Kier molecular flexibility index (Phi) is 4.11. The molecule has 8 heteroatoms. The molecule has 0 saturated heterocycles. The van der Waals surface area contributed by atoms with E-state index in [4.69, 9.17) is 10.5 Å². The first-order valence-electron chi connectivity index (χ1n) is 7.53. The van der Waals surface area contributed by atoms with Crippen molar-refractivity contribution in [3.05, 3.63) is 41.5 Å².